The van der Waals surface area contributed by atoms with Crippen LogP contribution >= 0.6 is 23.4 Å². The molecule has 0 spiro atoms. The van der Waals surface area contributed by atoms with E-state index in [9.17, 15) is 9.90 Å². The quantitative estimate of drug-likeness (QED) is 0.839. The third kappa shape index (κ3) is 2.76. The highest BCUT2D eigenvalue weighted by Crippen LogP contribution is 2.25. The Morgan fingerprint density at radius 2 is 2.35 bits per heavy atom. The topological polar surface area (TPSA) is 40.5 Å². The fourth-order valence-electron chi connectivity index (χ4n) is 1.89. The molecule has 1 saturated heterocycles. The molecule has 0 saturated carbocycles. The van der Waals surface area contributed by atoms with E-state index in [1.165, 1.54) is 0 Å². The van der Waals surface area contributed by atoms with Crippen molar-refractivity contribution in [1.82, 2.24) is 4.90 Å². The van der Waals surface area contributed by atoms with Crippen molar-refractivity contribution < 1.29 is 9.90 Å². The number of halogens is 1. The standard InChI is InChI=1S/C12H14ClNO2S/c1-17-9-2-3-11(13)10(6-9)12(16)14-5-4-8(15)7-14/h2-3,6,8,15H,4-5,7H2,1H3. The van der Waals surface area contributed by atoms with Crippen LogP contribution in [0.15, 0.2) is 23.1 Å². The van der Waals surface area contributed by atoms with Crippen molar-refractivity contribution in [2.75, 3.05) is 19.3 Å². The fourth-order valence-corrected chi connectivity index (χ4v) is 2.53. The minimum atomic E-state index is -0.401. The van der Waals surface area contributed by atoms with Gasteiger partial charge in [0.15, 0.2) is 0 Å². The number of carbonyl (C=O) groups is 1. The molecule has 0 aliphatic carbocycles. The first-order chi connectivity index (χ1) is 8.11. The smallest absolute Gasteiger partial charge is 0.255 e. The SMILES string of the molecule is CSc1ccc(Cl)c(C(=O)N2CCC(O)C2)c1. The summed E-state index contributed by atoms with van der Waals surface area (Å²) in [5.74, 6) is -0.0950. The highest BCUT2D eigenvalue weighted by atomic mass is 35.5. The zero-order chi connectivity index (χ0) is 12.4. The Labute approximate surface area is 110 Å². The molecule has 1 fully saturated rings. The number of likely N-dealkylation sites (tertiary alicyclic amines) is 1. The van der Waals surface area contributed by atoms with E-state index >= 15 is 0 Å². The Kier molecular flexibility index (Phi) is 3.97. The molecule has 92 valence electrons. The summed E-state index contributed by atoms with van der Waals surface area (Å²) in [6, 6.07) is 5.44. The Bertz CT molecular complexity index is 439. The van der Waals surface area contributed by atoms with Gasteiger partial charge in [-0.15, -0.1) is 11.8 Å². The molecule has 1 aromatic carbocycles. The normalized spacial score (nSPS) is 19.7. The first-order valence-electron chi connectivity index (χ1n) is 5.42. The van der Waals surface area contributed by atoms with Gasteiger partial charge < -0.3 is 10.0 Å². The van der Waals surface area contributed by atoms with Gasteiger partial charge in [0.2, 0.25) is 0 Å². The van der Waals surface area contributed by atoms with E-state index in [0.717, 1.165) is 4.90 Å². The zero-order valence-corrected chi connectivity index (χ0v) is 11.1. The number of aliphatic hydroxyl groups excluding tert-OH is 1. The van der Waals surface area contributed by atoms with E-state index in [1.54, 1.807) is 28.8 Å². The van der Waals surface area contributed by atoms with Gasteiger partial charge in [0.1, 0.15) is 0 Å². The van der Waals surface area contributed by atoms with Crippen LogP contribution < -0.4 is 0 Å². The van der Waals surface area contributed by atoms with Gasteiger partial charge in [-0.05, 0) is 30.9 Å². The van der Waals surface area contributed by atoms with Crippen LogP contribution in [0.3, 0.4) is 0 Å². The zero-order valence-electron chi connectivity index (χ0n) is 9.52. The minimum absolute atomic E-state index is 0.0950. The van der Waals surface area contributed by atoms with E-state index < -0.39 is 6.10 Å². The predicted octanol–water partition coefficient (Wildman–Crippen LogP) is 2.27. The molecule has 1 amide bonds. The maximum absolute atomic E-state index is 12.2. The number of benzene rings is 1. The molecule has 1 atom stereocenters. The summed E-state index contributed by atoms with van der Waals surface area (Å²) in [7, 11) is 0. The molecule has 1 aliphatic rings. The average Bonchev–Trinajstić information content (AvgIpc) is 2.76. The lowest BCUT2D eigenvalue weighted by molar-refractivity contribution is 0.0765. The number of carbonyl (C=O) groups excluding carboxylic acids is 1. The summed E-state index contributed by atoms with van der Waals surface area (Å²) in [6.45, 7) is 0.998. The second-order valence-corrected chi connectivity index (χ2v) is 5.33. The van der Waals surface area contributed by atoms with Crippen LogP contribution in [0, 0.1) is 0 Å². The fraction of sp³-hybridized carbons (Fsp3) is 0.417. The van der Waals surface area contributed by atoms with Crippen LogP contribution in [0.25, 0.3) is 0 Å². The lowest BCUT2D eigenvalue weighted by atomic mass is 10.2. The Hall–Kier alpha value is -0.710. The van der Waals surface area contributed by atoms with Crippen LogP contribution in [0.4, 0.5) is 0 Å². The molecule has 17 heavy (non-hydrogen) atoms. The monoisotopic (exact) mass is 271 g/mol. The lowest BCUT2D eigenvalue weighted by Crippen LogP contribution is -2.29. The molecule has 1 aliphatic heterocycles. The molecular formula is C12H14ClNO2S. The first kappa shape index (κ1) is 12.7. The molecule has 3 nitrogen and oxygen atoms in total. The largest absolute Gasteiger partial charge is 0.391 e. The van der Waals surface area contributed by atoms with E-state index in [0.29, 0.717) is 30.1 Å². The summed E-state index contributed by atoms with van der Waals surface area (Å²) < 4.78 is 0. The summed E-state index contributed by atoms with van der Waals surface area (Å²) in [6.07, 6.45) is 2.20. The van der Waals surface area contributed by atoms with Crippen molar-refractivity contribution in [3.8, 4) is 0 Å². The maximum atomic E-state index is 12.2. The summed E-state index contributed by atoms with van der Waals surface area (Å²) in [5.41, 5.74) is 0.521. The predicted molar refractivity (Wildman–Crippen MR) is 69.8 cm³/mol. The van der Waals surface area contributed by atoms with Crippen LogP contribution in [-0.2, 0) is 0 Å². The molecule has 0 aromatic heterocycles. The number of aliphatic hydroxyl groups is 1. The van der Waals surface area contributed by atoms with Crippen LogP contribution in [0.5, 0.6) is 0 Å². The average molecular weight is 272 g/mol. The van der Waals surface area contributed by atoms with Crippen molar-refractivity contribution in [3.63, 3.8) is 0 Å². The van der Waals surface area contributed by atoms with E-state index in [1.807, 2.05) is 12.3 Å². The van der Waals surface area contributed by atoms with Gasteiger partial charge in [0.25, 0.3) is 5.91 Å². The molecule has 1 N–H and O–H groups in total. The van der Waals surface area contributed by atoms with Crippen molar-refractivity contribution in [2.24, 2.45) is 0 Å². The Morgan fingerprint density at radius 1 is 1.59 bits per heavy atom. The van der Waals surface area contributed by atoms with Crippen LogP contribution in [0.2, 0.25) is 5.02 Å². The number of rotatable bonds is 2. The second kappa shape index (κ2) is 5.29. The highest BCUT2D eigenvalue weighted by molar-refractivity contribution is 7.98. The van der Waals surface area contributed by atoms with Gasteiger partial charge in [-0.3, -0.25) is 4.79 Å². The molecule has 1 unspecified atom stereocenters. The van der Waals surface area contributed by atoms with E-state index in [2.05, 4.69) is 0 Å². The highest BCUT2D eigenvalue weighted by Gasteiger charge is 2.26. The van der Waals surface area contributed by atoms with Gasteiger partial charge in [0.05, 0.1) is 16.7 Å². The first-order valence-corrected chi connectivity index (χ1v) is 7.03. The maximum Gasteiger partial charge on any atom is 0.255 e. The molecule has 2 rings (SSSR count). The van der Waals surface area contributed by atoms with Crippen molar-refractivity contribution in [1.29, 1.82) is 0 Å². The van der Waals surface area contributed by atoms with E-state index in [-0.39, 0.29) is 5.91 Å². The molecule has 0 radical (unpaired) electrons. The van der Waals surface area contributed by atoms with Crippen molar-refractivity contribution in [2.45, 2.75) is 17.4 Å². The number of β-amino-alcohol motifs (C(OH)–C–C–N with tert-alkyl or cyclic N) is 1. The number of amides is 1. The van der Waals surface area contributed by atoms with Gasteiger partial charge in [-0.1, -0.05) is 11.6 Å². The Morgan fingerprint density at radius 3 is 2.94 bits per heavy atom. The van der Waals surface area contributed by atoms with Crippen molar-refractivity contribution in [3.05, 3.63) is 28.8 Å². The number of nitrogens with zero attached hydrogens (tertiary/aromatic N) is 1. The molecule has 1 aromatic rings. The number of thioether (sulfide) groups is 1. The van der Waals surface area contributed by atoms with E-state index in [4.69, 9.17) is 11.6 Å². The third-order valence-electron chi connectivity index (χ3n) is 2.85. The van der Waals surface area contributed by atoms with Gasteiger partial charge in [0, 0.05) is 18.0 Å². The minimum Gasteiger partial charge on any atom is -0.391 e. The molecule has 1 heterocycles. The van der Waals surface area contributed by atoms with Crippen LogP contribution in [0.1, 0.15) is 16.8 Å². The second-order valence-electron chi connectivity index (χ2n) is 4.04. The number of hydrogen-bond donors (Lipinski definition) is 1. The lowest BCUT2D eigenvalue weighted by Gasteiger charge is -2.16. The summed E-state index contributed by atoms with van der Waals surface area (Å²) >= 11 is 7.62. The Balaban J connectivity index is 2.24. The van der Waals surface area contributed by atoms with Crippen LogP contribution in [-0.4, -0.2) is 41.4 Å². The summed E-state index contributed by atoms with van der Waals surface area (Å²) in [5, 5.41) is 9.90. The molecule has 0 bridgehead atoms. The number of hydrogen-bond acceptors (Lipinski definition) is 3. The molecule has 5 heteroatoms. The summed E-state index contributed by atoms with van der Waals surface area (Å²) in [4.78, 5) is 14.9. The van der Waals surface area contributed by atoms with Gasteiger partial charge >= 0.3 is 0 Å². The van der Waals surface area contributed by atoms with Crippen molar-refractivity contribution >= 4 is 29.3 Å². The molecular weight excluding hydrogens is 258 g/mol. The van der Waals surface area contributed by atoms with Gasteiger partial charge in [-0.25, -0.2) is 0 Å². The van der Waals surface area contributed by atoms with Gasteiger partial charge in [-0.2, -0.15) is 0 Å². The third-order valence-corrected chi connectivity index (χ3v) is 3.91.